The molecule has 23 heavy (non-hydrogen) atoms. The van der Waals surface area contributed by atoms with Crippen molar-refractivity contribution in [3.8, 4) is 0 Å². The van der Waals surface area contributed by atoms with E-state index in [0.29, 0.717) is 18.0 Å². The van der Waals surface area contributed by atoms with Crippen LogP contribution in [0.5, 0.6) is 0 Å². The summed E-state index contributed by atoms with van der Waals surface area (Å²) < 4.78 is 12.4. The van der Waals surface area contributed by atoms with E-state index in [1.165, 1.54) is 18.4 Å². The van der Waals surface area contributed by atoms with E-state index < -0.39 is 0 Å². The van der Waals surface area contributed by atoms with E-state index in [-0.39, 0.29) is 18.3 Å². The fourth-order valence-electron chi connectivity index (χ4n) is 3.78. The largest absolute Gasteiger partial charge is 0.494 e. The van der Waals surface area contributed by atoms with Gasteiger partial charge in [0.1, 0.15) is 0 Å². The molecule has 1 N–H and O–H groups in total. The molecule has 2 heterocycles. The highest BCUT2D eigenvalue weighted by molar-refractivity contribution is 6.62. The Labute approximate surface area is 141 Å². The molecule has 0 aromatic heterocycles. The molecule has 126 valence electrons. The van der Waals surface area contributed by atoms with E-state index in [0.717, 1.165) is 5.46 Å². The summed E-state index contributed by atoms with van der Waals surface area (Å²) in [5.41, 5.74) is 1.98. The maximum absolute atomic E-state index is 6.20. The number of hydrogen-bond acceptors (Lipinski definition) is 3. The number of nitrogens with one attached hydrogen (secondary N) is 1. The van der Waals surface area contributed by atoms with Gasteiger partial charge in [-0.2, -0.15) is 0 Å². The molecule has 2 saturated heterocycles. The lowest BCUT2D eigenvalue weighted by atomic mass is 9.75. The monoisotopic (exact) mass is 315 g/mol. The summed E-state index contributed by atoms with van der Waals surface area (Å²) in [7, 11) is -0.267. The van der Waals surface area contributed by atoms with Crippen molar-refractivity contribution in [3.05, 3.63) is 29.8 Å². The molecule has 2 fully saturated rings. The van der Waals surface area contributed by atoms with Crippen LogP contribution in [0.2, 0.25) is 0 Å². The first-order chi connectivity index (χ1) is 10.7. The Kier molecular flexibility index (Phi) is 4.37. The summed E-state index contributed by atoms with van der Waals surface area (Å²) in [6.07, 6.45) is 2.38. The predicted octanol–water partition coefficient (Wildman–Crippen LogP) is 3.23. The second-order valence-electron chi connectivity index (χ2n) is 8.40. The third-order valence-corrected chi connectivity index (χ3v) is 5.75. The van der Waals surface area contributed by atoms with Gasteiger partial charge in [-0.15, -0.1) is 0 Å². The first kappa shape index (κ1) is 17.0. The van der Waals surface area contributed by atoms with Crippen molar-refractivity contribution < 1.29 is 9.31 Å². The summed E-state index contributed by atoms with van der Waals surface area (Å²) in [6.45, 7) is 13.0. The number of piperidine rings is 1. The van der Waals surface area contributed by atoms with Crippen LogP contribution in [-0.2, 0) is 9.31 Å². The summed E-state index contributed by atoms with van der Waals surface area (Å²) in [5.74, 6) is 0.614. The zero-order valence-electron chi connectivity index (χ0n) is 15.3. The lowest BCUT2D eigenvalue weighted by Gasteiger charge is -2.33. The van der Waals surface area contributed by atoms with Gasteiger partial charge in [0.15, 0.2) is 0 Å². The Morgan fingerprint density at radius 1 is 1.00 bits per heavy atom. The molecule has 0 radical (unpaired) electrons. The van der Waals surface area contributed by atoms with Crippen molar-refractivity contribution in [1.29, 1.82) is 0 Å². The number of rotatable bonds is 2. The SMILES string of the molecule is C[C@@H]1CC(c2cccc(B3OC(C)(C)C(C)(C)O3)c2)C[C@H](C)N1. The van der Waals surface area contributed by atoms with Crippen LogP contribution in [0, 0.1) is 0 Å². The summed E-state index contributed by atoms with van der Waals surface area (Å²) >= 11 is 0. The number of benzene rings is 1. The molecule has 2 aliphatic heterocycles. The van der Waals surface area contributed by atoms with Gasteiger partial charge < -0.3 is 14.6 Å². The molecule has 2 aliphatic rings. The molecular formula is C19H30BNO2. The minimum absolute atomic E-state index is 0.267. The molecule has 3 atom stereocenters. The van der Waals surface area contributed by atoms with Gasteiger partial charge in [-0.1, -0.05) is 24.3 Å². The Hall–Kier alpha value is -0.835. The van der Waals surface area contributed by atoms with Crippen molar-refractivity contribution in [2.75, 3.05) is 0 Å². The fraction of sp³-hybridized carbons (Fsp3) is 0.684. The van der Waals surface area contributed by atoms with Gasteiger partial charge in [0.2, 0.25) is 0 Å². The van der Waals surface area contributed by atoms with Crippen LogP contribution in [0.3, 0.4) is 0 Å². The van der Waals surface area contributed by atoms with E-state index >= 15 is 0 Å². The molecule has 0 bridgehead atoms. The van der Waals surface area contributed by atoms with Gasteiger partial charge in [0.25, 0.3) is 0 Å². The predicted molar refractivity (Wildman–Crippen MR) is 96.2 cm³/mol. The Balaban J connectivity index is 1.81. The van der Waals surface area contributed by atoms with Crippen LogP contribution in [0.25, 0.3) is 0 Å². The Bertz CT molecular complexity index is 546. The second-order valence-corrected chi connectivity index (χ2v) is 8.40. The maximum Gasteiger partial charge on any atom is 0.494 e. The maximum atomic E-state index is 6.20. The second kappa shape index (κ2) is 5.91. The molecule has 1 unspecified atom stereocenters. The third kappa shape index (κ3) is 3.35. The molecule has 3 rings (SSSR count). The van der Waals surface area contributed by atoms with Crippen LogP contribution >= 0.6 is 0 Å². The summed E-state index contributed by atoms with van der Waals surface area (Å²) in [6, 6.07) is 9.96. The van der Waals surface area contributed by atoms with E-state index in [1.54, 1.807) is 0 Å². The fourth-order valence-corrected chi connectivity index (χ4v) is 3.78. The molecule has 4 heteroatoms. The molecule has 0 spiro atoms. The molecular weight excluding hydrogens is 285 g/mol. The van der Waals surface area contributed by atoms with E-state index in [4.69, 9.17) is 9.31 Å². The summed E-state index contributed by atoms with van der Waals surface area (Å²) in [5, 5.41) is 3.62. The zero-order valence-corrected chi connectivity index (χ0v) is 15.3. The van der Waals surface area contributed by atoms with Crippen molar-refractivity contribution in [1.82, 2.24) is 5.32 Å². The van der Waals surface area contributed by atoms with Gasteiger partial charge in [-0.25, -0.2) is 0 Å². The normalized spacial score (nSPS) is 33.0. The van der Waals surface area contributed by atoms with Crippen LogP contribution in [0.15, 0.2) is 24.3 Å². The average Bonchev–Trinajstić information content (AvgIpc) is 2.67. The van der Waals surface area contributed by atoms with Crippen molar-refractivity contribution >= 4 is 12.6 Å². The quantitative estimate of drug-likeness (QED) is 0.850. The standard InChI is InChI=1S/C19H30BNO2/c1-13-10-16(11-14(2)21-13)15-8-7-9-17(12-15)20-22-18(3,4)19(5,6)23-20/h7-9,12-14,16,21H,10-11H2,1-6H3/t13-,14+,16?. The topological polar surface area (TPSA) is 30.5 Å². The molecule has 1 aromatic rings. The van der Waals surface area contributed by atoms with Crippen LogP contribution in [0.1, 0.15) is 65.9 Å². The lowest BCUT2D eigenvalue weighted by Crippen LogP contribution is -2.42. The van der Waals surface area contributed by atoms with Crippen LogP contribution < -0.4 is 10.8 Å². The van der Waals surface area contributed by atoms with E-state index in [2.05, 4.69) is 71.1 Å². The molecule has 0 aliphatic carbocycles. The smallest absolute Gasteiger partial charge is 0.399 e. The van der Waals surface area contributed by atoms with Gasteiger partial charge in [-0.3, -0.25) is 0 Å². The van der Waals surface area contributed by atoms with Crippen molar-refractivity contribution in [2.45, 2.75) is 83.6 Å². The van der Waals surface area contributed by atoms with E-state index in [1.807, 2.05) is 0 Å². The van der Waals surface area contributed by atoms with Crippen molar-refractivity contribution in [2.24, 2.45) is 0 Å². The highest BCUT2D eigenvalue weighted by Crippen LogP contribution is 2.37. The molecule has 0 saturated carbocycles. The number of hydrogen-bond donors (Lipinski definition) is 1. The van der Waals surface area contributed by atoms with Crippen LogP contribution in [0.4, 0.5) is 0 Å². The molecule has 0 amide bonds. The highest BCUT2D eigenvalue weighted by atomic mass is 16.7. The molecule has 1 aromatic carbocycles. The van der Waals surface area contributed by atoms with E-state index in [9.17, 15) is 0 Å². The highest BCUT2D eigenvalue weighted by Gasteiger charge is 2.51. The summed E-state index contributed by atoms with van der Waals surface area (Å²) in [4.78, 5) is 0. The van der Waals surface area contributed by atoms with Crippen molar-refractivity contribution in [3.63, 3.8) is 0 Å². The van der Waals surface area contributed by atoms with Gasteiger partial charge >= 0.3 is 7.12 Å². The minimum atomic E-state index is -0.286. The van der Waals surface area contributed by atoms with Crippen LogP contribution in [-0.4, -0.2) is 30.4 Å². The average molecular weight is 315 g/mol. The van der Waals surface area contributed by atoms with Gasteiger partial charge in [0, 0.05) is 12.1 Å². The van der Waals surface area contributed by atoms with Gasteiger partial charge in [0.05, 0.1) is 11.2 Å². The third-order valence-electron chi connectivity index (χ3n) is 5.75. The zero-order chi connectivity index (χ0) is 16.8. The lowest BCUT2D eigenvalue weighted by molar-refractivity contribution is 0.00578. The van der Waals surface area contributed by atoms with Gasteiger partial charge in [-0.05, 0) is 71.3 Å². The minimum Gasteiger partial charge on any atom is -0.399 e. The Morgan fingerprint density at radius 2 is 1.57 bits per heavy atom. The Morgan fingerprint density at radius 3 is 2.13 bits per heavy atom. The first-order valence-corrected chi connectivity index (χ1v) is 8.89. The molecule has 3 nitrogen and oxygen atoms in total. The first-order valence-electron chi connectivity index (χ1n) is 8.89.